The molecule has 1 aliphatic rings. The average Bonchev–Trinajstić information content (AvgIpc) is 3.34. The number of ether oxygens (including phenoxy) is 2. The molecule has 0 unspecified atom stereocenters. The molecule has 2 aromatic heterocycles. The SMILES string of the molecule is Cc1ccc2[nH]ncc2c1-c1nc(-c2ccc(OC3CCOCC3)c(C#N)c2)nc(C(N)=O)c1N. The number of aromatic nitrogens is 4. The zero-order valence-electron chi connectivity index (χ0n) is 19.0. The molecule has 0 radical (unpaired) electrons. The van der Waals surface area contributed by atoms with Crippen LogP contribution < -0.4 is 16.2 Å². The second-order valence-electron chi connectivity index (χ2n) is 8.36. The number of fused-ring (bicyclic) bond motifs is 1. The predicted octanol–water partition coefficient (Wildman–Crippen LogP) is 3.11. The number of nitrogens with zero attached hydrogens (tertiary/aromatic N) is 4. The maximum absolute atomic E-state index is 12.2. The maximum atomic E-state index is 12.2. The topological polar surface area (TPSA) is 166 Å². The molecule has 1 amide bonds. The van der Waals surface area contributed by atoms with Crippen molar-refractivity contribution < 1.29 is 14.3 Å². The largest absolute Gasteiger partial charge is 0.489 e. The van der Waals surface area contributed by atoms with Crippen molar-refractivity contribution in [1.82, 2.24) is 20.2 Å². The van der Waals surface area contributed by atoms with E-state index in [0.717, 1.165) is 34.9 Å². The van der Waals surface area contributed by atoms with Crippen LogP contribution in [0.15, 0.2) is 36.5 Å². The molecule has 0 atom stereocenters. The first-order valence-electron chi connectivity index (χ1n) is 11.2. The smallest absolute Gasteiger partial charge is 0.269 e. The number of nitriles is 1. The second kappa shape index (κ2) is 9.04. The van der Waals surface area contributed by atoms with Crippen LogP contribution in [-0.4, -0.2) is 45.4 Å². The Morgan fingerprint density at radius 3 is 2.77 bits per heavy atom. The van der Waals surface area contributed by atoms with Crippen LogP contribution in [0.3, 0.4) is 0 Å². The number of primary amides is 1. The van der Waals surface area contributed by atoms with Gasteiger partial charge >= 0.3 is 0 Å². The van der Waals surface area contributed by atoms with E-state index in [0.29, 0.717) is 35.8 Å². The number of carbonyl (C=O) groups excluding carboxylic acids is 1. The quantitative estimate of drug-likeness (QED) is 0.401. The molecule has 0 aliphatic carbocycles. The Kier molecular flexibility index (Phi) is 5.76. The van der Waals surface area contributed by atoms with Crippen molar-refractivity contribution in [1.29, 1.82) is 5.26 Å². The first kappa shape index (κ1) is 22.3. The predicted molar refractivity (Wildman–Crippen MR) is 129 cm³/mol. The van der Waals surface area contributed by atoms with Crippen LogP contribution in [0.4, 0.5) is 5.69 Å². The van der Waals surface area contributed by atoms with E-state index in [1.165, 1.54) is 0 Å². The number of carbonyl (C=O) groups is 1. The third kappa shape index (κ3) is 4.13. The van der Waals surface area contributed by atoms with Gasteiger partial charge in [-0.3, -0.25) is 9.89 Å². The first-order chi connectivity index (χ1) is 17.0. The summed E-state index contributed by atoms with van der Waals surface area (Å²) in [5, 5.41) is 17.6. The Morgan fingerprint density at radius 1 is 1.23 bits per heavy atom. The second-order valence-corrected chi connectivity index (χ2v) is 8.36. The van der Waals surface area contributed by atoms with E-state index in [1.807, 2.05) is 19.1 Å². The van der Waals surface area contributed by atoms with Gasteiger partial charge < -0.3 is 20.9 Å². The molecule has 5 N–H and O–H groups in total. The van der Waals surface area contributed by atoms with Crippen molar-refractivity contribution in [3.05, 3.63) is 53.3 Å². The number of amides is 1. The summed E-state index contributed by atoms with van der Waals surface area (Å²) in [7, 11) is 0. The minimum Gasteiger partial charge on any atom is -0.489 e. The Hall–Kier alpha value is -4.49. The van der Waals surface area contributed by atoms with Crippen LogP contribution in [0.5, 0.6) is 5.75 Å². The van der Waals surface area contributed by atoms with Crippen molar-refractivity contribution in [2.24, 2.45) is 5.73 Å². The van der Waals surface area contributed by atoms with Gasteiger partial charge in [0.2, 0.25) is 0 Å². The number of H-pyrrole nitrogens is 1. The summed E-state index contributed by atoms with van der Waals surface area (Å²) in [6.45, 7) is 3.18. The zero-order chi connectivity index (χ0) is 24.5. The van der Waals surface area contributed by atoms with E-state index < -0.39 is 5.91 Å². The van der Waals surface area contributed by atoms with Crippen LogP contribution in [0, 0.1) is 18.3 Å². The number of anilines is 1. The highest BCUT2D eigenvalue weighted by atomic mass is 16.5. The first-order valence-corrected chi connectivity index (χ1v) is 11.2. The van der Waals surface area contributed by atoms with Gasteiger partial charge in [0, 0.05) is 29.4 Å². The van der Waals surface area contributed by atoms with Crippen molar-refractivity contribution in [2.45, 2.75) is 25.9 Å². The number of hydrogen-bond donors (Lipinski definition) is 3. The van der Waals surface area contributed by atoms with E-state index in [2.05, 4.69) is 21.3 Å². The molecule has 3 heterocycles. The molecule has 0 bridgehead atoms. The molecule has 10 heteroatoms. The summed E-state index contributed by atoms with van der Waals surface area (Å²) in [5.41, 5.74) is 15.6. The molecule has 176 valence electrons. The molecule has 2 aromatic carbocycles. The van der Waals surface area contributed by atoms with Crippen LogP contribution in [-0.2, 0) is 4.74 Å². The van der Waals surface area contributed by atoms with Crippen molar-refractivity contribution >= 4 is 22.5 Å². The summed E-state index contributed by atoms with van der Waals surface area (Å²) in [5.74, 6) is -0.0747. The molecule has 0 saturated carbocycles. The standard InChI is InChI=1S/C25H23N7O3/c1-13-2-4-18-17(12-29-32-18)20(13)22-21(27)23(24(28)33)31-25(30-22)14-3-5-19(15(10-14)11-26)35-16-6-8-34-9-7-16/h2-5,10,12,16H,6-9,27H2,1H3,(H2,28,33)(H,29,32). The van der Waals surface area contributed by atoms with Crippen LogP contribution in [0.2, 0.25) is 0 Å². The van der Waals surface area contributed by atoms with Gasteiger partial charge in [0.1, 0.15) is 17.9 Å². The summed E-state index contributed by atoms with van der Waals surface area (Å²) >= 11 is 0. The normalized spacial score (nSPS) is 14.1. The highest BCUT2D eigenvalue weighted by Gasteiger charge is 2.22. The Balaban J connectivity index is 1.63. The van der Waals surface area contributed by atoms with E-state index in [1.54, 1.807) is 24.4 Å². The van der Waals surface area contributed by atoms with Gasteiger partial charge in [-0.2, -0.15) is 10.4 Å². The number of aromatic amines is 1. The molecule has 0 spiro atoms. The zero-order valence-corrected chi connectivity index (χ0v) is 19.0. The summed E-state index contributed by atoms with van der Waals surface area (Å²) in [6.07, 6.45) is 3.19. The highest BCUT2D eigenvalue weighted by Crippen LogP contribution is 2.36. The molecule has 5 rings (SSSR count). The number of nitrogens with two attached hydrogens (primary N) is 2. The van der Waals surface area contributed by atoms with Crippen molar-refractivity contribution in [2.75, 3.05) is 18.9 Å². The fourth-order valence-corrected chi connectivity index (χ4v) is 4.25. The molecular weight excluding hydrogens is 446 g/mol. The number of nitrogen functional groups attached to an aromatic ring is 1. The molecule has 4 aromatic rings. The molecule has 35 heavy (non-hydrogen) atoms. The van der Waals surface area contributed by atoms with E-state index in [-0.39, 0.29) is 23.3 Å². The maximum Gasteiger partial charge on any atom is 0.269 e. The van der Waals surface area contributed by atoms with Gasteiger partial charge in [-0.05, 0) is 36.8 Å². The lowest BCUT2D eigenvalue weighted by atomic mass is 9.99. The van der Waals surface area contributed by atoms with E-state index in [9.17, 15) is 10.1 Å². The fraction of sp³-hybridized carbons (Fsp3) is 0.240. The minimum absolute atomic E-state index is 0.0130. The monoisotopic (exact) mass is 469 g/mol. The number of aryl methyl sites for hydroxylation is 1. The van der Waals surface area contributed by atoms with Gasteiger partial charge in [-0.25, -0.2) is 9.97 Å². The molecule has 1 saturated heterocycles. The Labute approximate surface area is 200 Å². The van der Waals surface area contributed by atoms with Crippen LogP contribution in [0.25, 0.3) is 33.5 Å². The lowest BCUT2D eigenvalue weighted by molar-refractivity contribution is 0.0254. The molecular formula is C25H23N7O3. The van der Waals surface area contributed by atoms with Crippen molar-refractivity contribution in [3.8, 4) is 34.5 Å². The third-order valence-electron chi connectivity index (χ3n) is 6.07. The highest BCUT2D eigenvalue weighted by molar-refractivity contribution is 6.04. The molecule has 1 aliphatic heterocycles. The lowest BCUT2D eigenvalue weighted by Crippen LogP contribution is -2.26. The van der Waals surface area contributed by atoms with Crippen LogP contribution >= 0.6 is 0 Å². The van der Waals surface area contributed by atoms with E-state index in [4.69, 9.17) is 25.9 Å². The van der Waals surface area contributed by atoms with E-state index >= 15 is 0 Å². The molecule has 1 fully saturated rings. The van der Waals surface area contributed by atoms with Crippen molar-refractivity contribution in [3.63, 3.8) is 0 Å². The number of benzene rings is 2. The summed E-state index contributed by atoms with van der Waals surface area (Å²) < 4.78 is 11.4. The van der Waals surface area contributed by atoms with Crippen LogP contribution in [0.1, 0.15) is 34.5 Å². The number of rotatable bonds is 5. The number of nitrogens with one attached hydrogen (secondary N) is 1. The van der Waals surface area contributed by atoms with Gasteiger partial charge in [0.05, 0.1) is 41.9 Å². The fourth-order valence-electron chi connectivity index (χ4n) is 4.25. The average molecular weight is 470 g/mol. The van der Waals surface area contributed by atoms with Gasteiger partial charge in [0.25, 0.3) is 5.91 Å². The Bertz CT molecular complexity index is 1480. The number of hydrogen-bond acceptors (Lipinski definition) is 8. The molecule has 10 nitrogen and oxygen atoms in total. The third-order valence-corrected chi connectivity index (χ3v) is 6.07. The summed E-state index contributed by atoms with van der Waals surface area (Å²) in [6, 6.07) is 11.1. The Morgan fingerprint density at radius 2 is 2.03 bits per heavy atom. The van der Waals surface area contributed by atoms with Gasteiger partial charge in [-0.15, -0.1) is 0 Å². The van der Waals surface area contributed by atoms with Gasteiger partial charge in [-0.1, -0.05) is 6.07 Å². The van der Waals surface area contributed by atoms with Gasteiger partial charge in [0.15, 0.2) is 11.5 Å². The minimum atomic E-state index is -0.774. The summed E-state index contributed by atoms with van der Waals surface area (Å²) in [4.78, 5) is 21.3. The lowest BCUT2D eigenvalue weighted by Gasteiger charge is -2.23.